The predicted octanol–water partition coefficient (Wildman–Crippen LogP) is 4.06. The summed E-state index contributed by atoms with van der Waals surface area (Å²) in [7, 11) is -3.06. The molecule has 1 heterocycles. The highest BCUT2D eigenvalue weighted by molar-refractivity contribution is 7.91. The zero-order chi connectivity index (χ0) is 19.6. The second-order valence-corrected chi connectivity index (χ2v) is 9.76. The molecule has 1 atom stereocenters. The van der Waals surface area contributed by atoms with Gasteiger partial charge in [0.2, 0.25) is 5.91 Å². The number of hydrogen-bond donors (Lipinski definition) is 1. The van der Waals surface area contributed by atoms with E-state index in [9.17, 15) is 13.2 Å². The van der Waals surface area contributed by atoms with Gasteiger partial charge in [-0.05, 0) is 17.7 Å². The normalized spacial score (nSPS) is 18.0. The Hall–Kier alpha value is -1.31. The van der Waals surface area contributed by atoms with Crippen molar-refractivity contribution in [2.24, 2.45) is 0 Å². The van der Waals surface area contributed by atoms with E-state index in [4.69, 9.17) is 34.8 Å². The molecule has 9 heteroatoms. The number of nitrogens with zero attached hydrogens (tertiary/aromatic N) is 1. The summed E-state index contributed by atoms with van der Waals surface area (Å²) >= 11 is 18.1. The van der Waals surface area contributed by atoms with E-state index >= 15 is 0 Å². The van der Waals surface area contributed by atoms with Crippen LogP contribution < -0.4 is 5.32 Å². The highest BCUT2D eigenvalue weighted by atomic mass is 35.5. The van der Waals surface area contributed by atoms with Crippen molar-refractivity contribution in [3.05, 3.63) is 63.1 Å². The highest BCUT2D eigenvalue weighted by Gasteiger charge is 2.32. The third kappa shape index (κ3) is 4.95. The monoisotopic (exact) mass is 446 g/mol. The lowest BCUT2D eigenvalue weighted by Gasteiger charge is -2.33. The minimum atomic E-state index is -3.06. The van der Waals surface area contributed by atoms with Gasteiger partial charge < -0.3 is 5.32 Å². The lowest BCUT2D eigenvalue weighted by molar-refractivity contribution is -0.121. The number of nitrogens with one attached hydrogen (secondary N) is 1. The number of sulfone groups is 1. The summed E-state index contributed by atoms with van der Waals surface area (Å²) in [6, 6.07) is 11.5. The first-order valence-electron chi connectivity index (χ1n) is 8.22. The molecule has 1 aliphatic rings. The molecular weight excluding hydrogens is 431 g/mol. The molecule has 1 amide bonds. The zero-order valence-electron chi connectivity index (χ0n) is 14.2. The van der Waals surface area contributed by atoms with Gasteiger partial charge in [0.15, 0.2) is 9.84 Å². The van der Waals surface area contributed by atoms with Crippen LogP contribution in [-0.2, 0) is 14.6 Å². The average Bonchev–Trinajstić information content (AvgIpc) is 2.62. The number of carbonyl (C=O) groups excluding carboxylic acids is 1. The Bertz CT molecular complexity index is 938. The maximum atomic E-state index is 13.1. The zero-order valence-corrected chi connectivity index (χ0v) is 17.2. The molecule has 1 fully saturated rings. The first-order valence-corrected chi connectivity index (χ1v) is 11.2. The number of carbonyl (C=O) groups is 1. The molecule has 0 aromatic heterocycles. The lowest BCUT2D eigenvalue weighted by atomic mass is 10.0. The molecule has 0 spiro atoms. The van der Waals surface area contributed by atoms with Gasteiger partial charge in [0.1, 0.15) is 6.04 Å². The Kier molecular flexibility index (Phi) is 6.33. The summed E-state index contributed by atoms with van der Waals surface area (Å²) in [5, 5.41) is 3.63. The Morgan fingerprint density at radius 2 is 1.56 bits per heavy atom. The number of benzene rings is 2. The number of amides is 1. The Labute approximate surface area is 173 Å². The van der Waals surface area contributed by atoms with E-state index in [2.05, 4.69) is 5.32 Å². The molecule has 3 rings (SSSR count). The maximum Gasteiger partial charge on any atom is 0.246 e. The van der Waals surface area contributed by atoms with E-state index in [-0.39, 0.29) is 40.5 Å². The average molecular weight is 448 g/mol. The van der Waals surface area contributed by atoms with Crippen LogP contribution in [0, 0.1) is 0 Å². The van der Waals surface area contributed by atoms with Crippen LogP contribution in [-0.4, -0.2) is 43.8 Å². The van der Waals surface area contributed by atoms with Crippen molar-refractivity contribution in [3.63, 3.8) is 0 Å². The molecule has 2 aromatic carbocycles. The topological polar surface area (TPSA) is 66.5 Å². The summed E-state index contributed by atoms with van der Waals surface area (Å²) in [6.07, 6.45) is 0. The predicted molar refractivity (Wildman–Crippen MR) is 110 cm³/mol. The van der Waals surface area contributed by atoms with Crippen LogP contribution in [0.5, 0.6) is 0 Å². The van der Waals surface area contributed by atoms with Gasteiger partial charge in [0.05, 0.1) is 32.3 Å². The summed E-state index contributed by atoms with van der Waals surface area (Å²) in [4.78, 5) is 14.9. The van der Waals surface area contributed by atoms with Crippen LogP contribution in [0.15, 0.2) is 42.5 Å². The number of anilines is 1. The van der Waals surface area contributed by atoms with Gasteiger partial charge in [0.25, 0.3) is 0 Å². The molecule has 1 N–H and O–H groups in total. The molecule has 144 valence electrons. The van der Waals surface area contributed by atoms with Gasteiger partial charge in [-0.15, -0.1) is 0 Å². The fourth-order valence-corrected chi connectivity index (χ4v) is 4.79. The van der Waals surface area contributed by atoms with Gasteiger partial charge in [-0.1, -0.05) is 65.1 Å². The molecule has 1 aliphatic heterocycles. The number of hydrogen-bond acceptors (Lipinski definition) is 4. The van der Waals surface area contributed by atoms with Gasteiger partial charge in [-0.25, -0.2) is 8.42 Å². The van der Waals surface area contributed by atoms with Crippen molar-refractivity contribution >= 4 is 56.2 Å². The van der Waals surface area contributed by atoms with E-state index in [0.717, 1.165) is 5.56 Å². The van der Waals surface area contributed by atoms with Crippen LogP contribution >= 0.6 is 34.8 Å². The van der Waals surface area contributed by atoms with Crippen molar-refractivity contribution in [1.82, 2.24) is 4.90 Å². The first kappa shape index (κ1) is 20.4. The quantitative estimate of drug-likeness (QED) is 0.718. The van der Waals surface area contributed by atoms with E-state index in [1.165, 1.54) is 12.1 Å². The molecule has 0 bridgehead atoms. The van der Waals surface area contributed by atoms with Crippen molar-refractivity contribution in [3.8, 4) is 0 Å². The summed E-state index contributed by atoms with van der Waals surface area (Å²) in [5.41, 5.74) is 1.12. The van der Waals surface area contributed by atoms with Gasteiger partial charge in [0, 0.05) is 13.1 Å². The smallest absolute Gasteiger partial charge is 0.246 e. The van der Waals surface area contributed by atoms with Crippen LogP contribution in [0.4, 0.5) is 5.69 Å². The van der Waals surface area contributed by atoms with Crippen LogP contribution in [0.1, 0.15) is 11.6 Å². The number of halogens is 3. The molecule has 0 radical (unpaired) electrons. The largest absolute Gasteiger partial charge is 0.323 e. The van der Waals surface area contributed by atoms with Crippen LogP contribution in [0.3, 0.4) is 0 Å². The second-order valence-electron chi connectivity index (χ2n) is 6.24. The first-order chi connectivity index (χ1) is 12.8. The minimum absolute atomic E-state index is 0.0249. The van der Waals surface area contributed by atoms with Crippen LogP contribution in [0.25, 0.3) is 0 Å². The van der Waals surface area contributed by atoms with Gasteiger partial charge in [-0.2, -0.15) is 0 Å². The molecule has 1 saturated heterocycles. The maximum absolute atomic E-state index is 13.1. The molecule has 0 aliphatic carbocycles. The van der Waals surface area contributed by atoms with Gasteiger partial charge in [-0.3, -0.25) is 9.69 Å². The Balaban J connectivity index is 1.89. The molecule has 0 saturated carbocycles. The third-order valence-corrected chi connectivity index (χ3v) is 7.02. The third-order valence-electron chi connectivity index (χ3n) is 4.38. The fraction of sp³-hybridized carbons (Fsp3) is 0.278. The molecule has 27 heavy (non-hydrogen) atoms. The summed E-state index contributed by atoms with van der Waals surface area (Å²) < 4.78 is 23.5. The van der Waals surface area contributed by atoms with Gasteiger partial charge >= 0.3 is 0 Å². The van der Waals surface area contributed by atoms with E-state index in [1.54, 1.807) is 0 Å². The molecule has 1 unspecified atom stereocenters. The Morgan fingerprint density at radius 1 is 0.963 bits per heavy atom. The molecule has 5 nitrogen and oxygen atoms in total. The van der Waals surface area contributed by atoms with E-state index < -0.39 is 15.9 Å². The van der Waals surface area contributed by atoms with Crippen molar-refractivity contribution in [2.75, 3.05) is 29.9 Å². The fourth-order valence-electron chi connectivity index (χ4n) is 2.97. The number of rotatable bonds is 4. The van der Waals surface area contributed by atoms with Crippen LogP contribution in [0.2, 0.25) is 15.1 Å². The molecular formula is C18H17Cl3N2O3S. The SMILES string of the molecule is O=C(Nc1cc(Cl)c(Cl)cc1Cl)C(c1ccccc1)N1CCS(=O)(=O)CC1. The summed E-state index contributed by atoms with van der Waals surface area (Å²) in [5.74, 6) is -0.269. The Morgan fingerprint density at radius 3 is 2.19 bits per heavy atom. The summed E-state index contributed by atoms with van der Waals surface area (Å²) in [6.45, 7) is 0.564. The van der Waals surface area contributed by atoms with Crippen molar-refractivity contribution < 1.29 is 13.2 Å². The van der Waals surface area contributed by atoms with E-state index in [0.29, 0.717) is 10.7 Å². The highest BCUT2D eigenvalue weighted by Crippen LogP contribution is 2.33. The molecule has 2 aromatic rings. The van der Waals surface area contributed by atoms with Crippen molar-refractivity contribution in [2.45, 2.75) is 6.04 Å². The second kappa shape index (κ2) is 8.37. The lowest BCUT2D eigenvalue weighted by Crippen LogP contribution is -2.46. The standard InChI is InChI=1S/C18H17Cl3N2O3S/c19-13-10-15(21)16(11-14(13)20)22-18(24)17(12-4-2-1-3-5-12)23-6-8-27(25,26)9-7-23/h1-5,10-11,17H,6-9H2,(H,22,24). The minimum Gasteiger partial charge on any atom is -0.323 e. The van der Waals surface area contributed by atoms with E-state index in [1.807, 2.05) is 35.2 Å². The van der Waals surface area contributed by atoms with Crippen molar-refractivity contribution in [1.29, 1.82) is 0 Å².